The first-order chi connectivity index (χ1) is 17.9. The van der Waals surface area contributed by atoms with Crippen molar-refractivity contribution in [2.75, 3.05) is 43.6 Å². The van der Waals surface area contributed by atoms with Gasteiger partial charge in [-0.2, -0.15) is 0 Å². The summed E-state index contributed by atoms with van der Waals surface area (Å²) >= 11 is 0. The molecule has 2 saturated heterocycles. The van der Waals surface area contributed by atoms with Gasteiger partial charge in [0.2, 0.25) is 0 Å². The van der Waals surface area contributed by atoms with Crippen LogP contribution in [0, 0.1) is 0 Å². The number of rotatable bonds is 6. The van der Waals surface area contributed by atoms with Crippen molar-refractivity contribution in [2.45, 2.75) is 31.3 Å². The number of nitrogens with zero attached hydrogens (tertiary/aromatic N) is 3. The second-order valence-corrected chi connectivity index (χ2v) is 9.24. The Labute approximate surface area is 213 Å². The first kappa shape index (κ1) is 24.9. The number of aliphatic hydroxyl groups excluding tert-OH is 1. The molecule has 0 radical (unpaired) electrons. The van der Waals surface area contributed by atoms with Crippen molar-refractivity contribution in [2.24, 2.45) is 10.7 Å². The van der Waals surface area contributed by atoms with E-state index < -0.39 is 24.0 Å². The highest BCUT2D eigenvalue weighted by Gasteiger charge is 2.39. The highest BCUT2D eigenvalue weighted by atomic mass is 16.5. The number of ether oxygens (including phenoxy) is 2. The molecule has 0 unspecified atom stereocenters. The summed E-state index contributed by atoms with van der Waals surface area (Å²) in [7, 11) is 1.63. The molecule has 3 aliphatic rings. The van der Waals surface area contributed by atoms with Gasteiger partial charge in [0.15, 0.2) is 12.2 Å². The number of amides is 3. The number of methoxy groups -OCH3 is 1. The largest absolute Gasteiger partial charge is 0.383 e. The molecular formula is C26H29N5O6. The van der Waals surface area contributed by atoms with Gasteiger partial charge in [0, 0.05) is 49.2 Å². The number of likely N-dealkylation sites (tertiary alicyclic amines) is 1. The van der Waals surface area contributed by atoms with Crippen LogP contribution in [0.3, 0.4) is 0 Å². The van der Waals surface area contributed by atoms with Gasteiger partial charge in [0.1, 0.15) is 5.84 Å². The molecule has 2 aromatic rings. The Kier molecular flexibility index (Phi) is 6.92. The lowest BCUT2D eigenvalue weighted by atomic mass is 10.1. The fraction of sp³-hybridized carbons (Fsp3) is 0.385. The molecule has 11 heteroatoms. The van der Waals surface area contributed by atoms with Gasteiger partial charge in [-0.3, -0.25) is 19.4 Å². The normalized spacial score (nSPS) is 22.0. The molecule has 4 N–H and O–H groups in total. The quantitative estimate of drug-likeness (QED) is 0.516. The van der Waals surface area contributed by atoms with E-state index >= 15 is 0 Å². The monoisotopic (exact) mass is 507 g/mol. The molecule has 3 aliphatic heterocycles. The molecule has 2 aromatic carbocycles. The Morgan fingerprint density at radius 3 is 2.86 bits per heavy atom. The first-order valence-electron chi connectivity index (χ1n) is 12.1. The van der Waals surface area contributed by atoms with E-state index in [0.29, 0.717) is 42.4 Å². The highest BCUT2D eigenvalue weighted by molar-refractivity contribution is 6.05. The Hall–Kier alpha value is -3.80. The van der Waals surface area contributed by atoms with Crippen LogP contribution in [0.25, 0.3) is 0 Å². The lowest BCUT2D eigenvalue weighted by Crippen LogP contribution is -2.55. The maximum atomic E-state index is 13.3. The summed E-state index contributed by atoms with van der Waals surface area (Å²) in [4.78, 5) is 46.3. The molecule has 11 nitrogen and oxygen atoms in total. The van der Waals surface area contributed by atoms with E-state index in [1.54, 1.807) is 54.5 Å². The van der Waals surface area contributed by atoms with Gasteiger partial charge in [-0.15, -0.1) is 0 Å². The van der Waals surface area contributed by atoms with Crippen LogP contribution in [0.1, 0.15) is 27.9 Å². The van der Waals surface area contributed by atoms with Crippen LogP contribution < -0.4 is 16.0 Å². The minimum Gasteiger partial charge on any atom is -0.383 e. The van der Waals surface area contributed by atoms with Crippen molar-refractivity contribution in [1.82, 2.24) is 4.90 Å². The third kappa shape index (κ3) is 4.93. The summed E-state index contributed by atoms with van der Waals surface area (Å²) < 4.78 is 10.9. The van der Waals surface area contributed by atoms with Crippen LogP contribution in [0.4, 0.5) is 11.4 Å². The van der Waals surface area contributed by atoms with Crippen LogP contribution >= 0.6 is 0 Å². The Morgan fingerprint density at radius 2 is 2.08 bits per heavy atom. The standard InChI is InChI=1S/C26H29N5O6/c1-36-19-7-8-30(14-19)25(34)15-3-2-4-18(12-15)31-9-10-37-22(26(31)35)21(32)24(33)29-17-5-6-20-16(11-17)13-28-23(20)27/h2-6,11-12,19,21-22,32H,7-10,13-14H2,1H3,(H2,27,28)(H,29,33)/t19-,21-,22-/m1/s1. The van der Waals surface area contributed by atoms with Crippen molar-refractivity contribution in [1.29, 1.82) is 0 Å². The Balaban J connectivity index is 1.26. The molecule has 3 heterocycles. The second kappa shape index (κ2) is 10.3. The van der Waals surface area contributed by atoms with Gasteiger partial charge < -0.3 is 35.4 Å². The Bertz CT molecular complexity index is 1260. The fourth-order valence-electron chi connectivity index (χ4n) is 4.84. The maximum absolute atomic E-state index is 13.3. The molecule has 0 aliphatic carbocycles. The number of aliphatic imine (C=N–C) groups is 1. The average molecular weight is 508 g/mol. The molecule has 0 spiro atoms. The summed E-state index contributed by atoms with van der Waals surface area (Å²) in [5, 5.41) is 13.3. The summed E-state index contributed by atoms with van der Waals surface area (Å²) in [6.45, 7) is 1.88. The van der Waals surface area contributed by atoms with Crippen LogP contribution in [0.2, 0.25) is 0 Å². The number of carbonyl (C=O) groups excluding carboxylic acids is 3. The predicted octanol–water partition coefficient (Wildman–Crippen LogP) is 0.498. The Morgan fingerprint density at radius 1 is 1.24 bits per heavy atom. The minimum absolute atomic E-state index is 0.0182. The molecule has 0 bridgehead atoms. The molecule has 2 fully saturated rings. The number of morpholine rings is 1. The SMILES string of the molecule is CO[C@@H]1CCN(C(=O)c2cccc(N3CCO[C@H]([C@@H](O)C(=O)Nc4ccc5c(c4)CN=C5N)C3=O)c2)C1. The third-order valence-electron chi connectivity index (χ3n) is 6.92. The number of benzene rings is 2. The second-order valence-electron chi connectivity index (χ2n) is 9.24. The number of amidine groups is 1. The number of nitrogens with one attached hydrogen (secondary N) is 1. The van der Waals surface area contributed by atoms with Gasteiger partial charge in [-0.1, -0.05) is 6.07 Å². The number of anilines is 2. The number of fused-ring (bicyclic) bond motifs is 1. The van der Waals surface area contributed by atoms with Crippen LogP contribution in [0.5, 0.6) is 0 Å². The highest BCUT2D eigenvalue weighted by Crippen LogP contribution is 2.25. The summed E-state index contributed by atoms with van der Waals surface area (Å²) in [6, 6.07) is 11.9. The zero-order chi connectivity index (χ0) is 26.1. The van der Waals surface area contributed by atoms with Crippen LogP contribution in [0.15, 0.2) is 47.5 Å². The van der Waals surface area contributed by atoms with Crippen molar-refractivity contribution in [3.05, 3.63) is 59.2 Å². The minimum atomic E-state index is -1.73. The topological polar surface area (TPSA) is 147 Å². The van der Waals surface area contributed by atoms with Gasteiger partial charge in [0.05, 0.1) is 19.3 Å². The molecule has 3 amide bonds. The van der Waals surface area contributed by atoms with Crippen molar-refractivity contribution >= 4 is 34.9 Å². The summed E-state index contributed by atoms with van der Waals surface area (Å²) in [5.74, 6) is -1.02. The van der Waals surface area contributed by atoms with Crippen LogP contribution in [-0.2, 0) is 25.6 Å². The van der Waals surface area contributed by atoms with Gasteiger partial charge in [-0.25, -0.2) is 0 Å². The zero-order valence-electron chi connectivity index (χ0n) is 20.4. The molecule has 0 saturated carbocycles. The molecule has 5 rings (SSSR count). The fourth-order valence-corrected chi connectivity index (χ4v) is 4.84. The summed E-state index contributed by atoms with van der Waals surface area (Å²) in [6.07, 6.45) is -2.32. The van der Waals surface area contributed by atoms with Gasteiger partial charge >= 0.3 is 0 Å². The average Bonchev–Trinajstić information content (AvgIpc) is 3.54. The lowest BCUT2D eigenvalue weighted by molar-refractivity contribution is -0.150. The molecule has 0 aromatic heterocycles. The first-order valence-corrected chi connectivity index (χ1v) is 12.1. The summed E-state index contributed by atoms with van der Waals surface area (Å²) in [5.41, 5.74) is 8.90. The van der Waals surface area contributed by atoms with E-state index in [2.05, 4.69) is 10.3 Å². The number of hydrogen-bond donors (Lipinski definition) is 3. The van der Waals surface area contributed by atoms with Gasteiger partial charge in [-0.05, 0) is 48.4 Å². The zero-order valence-corrected chi connectivity index (χ0v) is 20.4. The maximum Gasteiger partial charge on any atom is 0.259 e. The van der Waals surface area contributed by atoms with E-state index in [0.717, 1.165) is 17.5 Å². The van der Waals surface area contributed by atoms with Gasteiger partial charge in [0.25, 0.3) is 17.7 Å². The molecule has 3 atom stereocenters. The molecular weight excluding hydrogens is 478 g/mol. The number of aliphatic hydroxyl groups is 1. The molecule has 194 valence electrons. The van der Waals surface area contributed by atoms with E-state index in [1.165, 1.54) is 4.90 Å². The third-order valence-corrected chi connectivity index (χ3v) is 6.92. The number of nitrogens with two attached hydrogens (primary N) is 1. The predicted molar refractivity (Wildman–Crippen MR) is 135 cm³/mol. The van der Waals surface area contributed by atoms with Crippen molar-refractivity contribution in [3.8, 4) is 0 Å². The lowest BCUT2D eigenvalue weighted by Gasteiger charge is -2.34. The van der Waals surface area contributed by atoms with E-state index in [-0.39, 0.29) is 25.2 Å². The van der Waals surface area contributed by atoms with Crippen LogP contribution in [-0.4, -0.2) is 85.2 Å². The van der Waals surface area contributed by atoms with E-state index in [1.807, 2.05) is 0 Å². The van der Waals surface area contributed by atoms with Crippen molar-refractivity contribution in [3.63, 3.8) is 0 Å². The van der Waals surface area contributed by atoms with E-state index in [4.69, 9.17) is 15.2 Å². The molecule has 37 heavy (non-hydrogen) atoms. The number of carbonyl (C=O) groups is 3. The smallest absolute Gasteiger partial charge is 0.259 e. The van der Waals surface area contributed by atoms with E-state index in [9.17, 15) is 19.5 Å². The van der Waals surface area contributed by atoms with Crippen molar-refractivity contribution < 1.29 is 29.0 Å². The number of hydrogen-bond acceptors (Lipinski definition) is 8.